The van der Waals surface area contributed by atoms with Crippen molar-refractivity contribution < 1.29 is 28.5 Å². The molecule has 0 spiro atoms. The van der Waals surface area contributed by atoms with Gasteiger partial charge in [0.15, 0.2) is 12.2 Å². The Balaban J connectivity index is 1.14. The van der Waals surface area contributed by atoms with Gasteiger partial charge in [-0.05, 0) is 85.6 Å². The van der Waals surface area contributed by atoms with Gasteiger partial charge < -0.3 is 29.6 Å². The number of amides is 2. The van der Waals surface area contributed by atoms with E-state index in [0.29, 0.717) is 75.8 Å². The fourth-order valence-corrected chi connectivity index (χ4v) is 5.13. The molecule has 2 atom stereocenters. The average molecular weight is 720 g/mol. The Morgan fingerprint density at radius 1 is 0.617 bits per heavy atom. The summed E-state index contributed by atoms with van der Waals surface area (Å²) in [6.07, 6.45) is -0.861. The lowest BCUT2D eigenvalue weighted by Crippen LogP contribution is -2.35. The highest BCUT2D eigenvalue weighted by molar-refractivity contribution is 6.36. The molecule has 2 amide bonds. The normalized spacial score (nSPS) is 12.0. The van der Waals surface area contributed by atoms with Crippen molar-refractivity contribution in [2.75, 3.05) is 13.2 Å². The number of carbonyl (C=O) groups excluding carboxylic acids is 2. The summed E-state index contributed by atoms with van der Waals surface area (Å²) in [6.45, 7) is 4.78. The standard InChI is InChI=1S/C35H34Cl4N2O6/c1-22(46-32-12-10-26(36)18-30(32)38)34(42)40-20-24-6-3-8-28(16-24)44-14-5-15-45-29-9-4-7-25(17-29)21-41-35(43)23(2)47-33-13-11-27(37)19-31(33)39/h3-4,6-13,16-19,22-23H,5,14-15,20-21H2,1-2H3,(H,40,42)(H,41,43). The SMILES string of the molecule is CC(Oc1ccc(Cl)cc1Cl)C(=O)NCc1cccc(OCCCOc2cccc(CNC(=O)C(C)Oc3ccc(Cl)cc3Cl)c2)c1. The molecule has 4 rings (SSSR count). The van der Waals surface area contributed by atoms with Crippen molar-refractivity contribution in [3.8, 4) is 23.0 Å². The molecule has 2 unspecified atom stereocenters. The summed E-state index contributed by atoms with van der Waals surface area (Å²) < 4.78 is 23.1. The zero-order valence-electron chi connectivity index (χ0n) is 25.7. The van der Waals surface area contributed by atoms with Crippen LogP contribution in [0, 0.1) is 0 Å². The van der Waals surface area contributed by atoms with E-state index in [4.69, 9.17) is 65.4 Å². The van der Waals surface area contributed by atoms with E-state index in [9.17, 15) is 9.59 Å². The minimum absolute atomic E-state index is 0.283. The van der Waals surface area contributed by atoms with Crippen molar-refractivity contribution in [2.24, 2.45) is 0 Å². The maximum absolute atomic E-state index is 12.6. The summed E-state index contributed by atoms with van der Waals surface area (Å²) in [6, 6.07) is 24.6. The maximum atomic E-state index is 12.6. The Labute approximate surface area is 294 Å². The molecule has 4 aromatic carbocycles. The number of ether oxygens (including phenoxy) is 4. The van der Waals surface area contributed by atoms with Gasteiger partial charge in [-0.3, -0.25) is 9.59 Å². The zero-order chi connectivity index (χ0) is 33.8. The Kier molecular flexibility index (Phi) is 13.7. The van der Waals surface area contributed by atoms with Gasteiger partial charge in [0.2, 0.25) is 0 Å². The highest BCUT2D eigenvalue weighted by Crippen LogP contribution is 2.29. The summed E-state index contributed by atoms with van der Waals surface area (Å²) in [5.74, 6) is 1.57. The van der Waals surface area contributed by atoms with Gasteiger partial charge in [-0.15, -0.1) is 0 Å². The van der Waals surface area contributed by atoms with Gasteiger partial charge in [-0.25, -0.2) is 0 Å². The van der Waals surface area contributed by atoms with Gasteiger partial charge in [0.25, 0.3) is 11.8 Å². The molecule has 0 aliphatic carbocycles. The van der Waals surface area contributed by atoms with Crippen molar-refractivity contribution in [3.63, 3.8) is 0 Å². The quantitative estimate of drug-likeness (QED) is 0.113. The van der Waals surface area contributed by atoms with Crippen LogP contribution in [0.1, 0.15) is 31.4 Å². The molecule has 0 heterocycles. The van der Waals surface area contributed by atoms with Gasteiger partial charge in [-0.2, -0.15) is 0 Å². The van der Waals surface area contributed by atoms with E-state index >= 15 is 0 Å². The molecule has 8 nitrogen and oxygen atoms in total. The number of nitrogens with one attached hydrogen (secondary N) is 2. The third kappa shape index (κ3) is 11.7. The second kappa shape index (κ2) is 17.9. The van der Waals surface area contributed by atoms with Gasteiger partial charge in [-0.1, -0.05) is 70.7 Å². The van der Waals surface area contributed by atoms with Crippen molar-refractivity contribution >= 4 is 58.2 Å². The van der Waals surface area contributed by atoms with Crippen LogP contribution in [0.25, 0.3) is 0 Å². The predicted molar refractivity (Wildman–Crippen MR) is 185 cm³/mol. The van der Waals surface area contributed by atoms with E-state index < -0.39 is 12.2 Å². The number of halogens is 4. The summed E-state index contributed by atoms with van der Waals surface area (Å²) in [5, 5.41) is 7.37. The third-order valence-corrected chi connectivity index (χ3v) is 7.75. The van der Waals surface area contributed by atoms with Crippen LogP contribution in [-0.4, -0.2) is 37.2 Å². The van der Waals surface area contributed by atoms with Crippen molar-refractivity contribution in [2.45, 2.75) is 45.6 Å². The molecule has 0 saturated carbocycles. The molecule has 0 aliphatic heterocycles. The molecule has 4 aromatic rings. The van der Waals surface area contributed by atoms with Crippen molar-refractivity contribution in [3.05, 3.63) is 116 Å². The number of benzene rings is 4. The average Bonchev–Trinajstić information content (AvgIpc) is 3.05. The van der Waals surface area contributed by atoms with Crippen LogP contribution in [0.3, 0.4) is 0 Å². The van der Waals surface area contributed by atoms with Gasteiger partial charge in [0.1, 0.15) is 23.0 Å². The molecular formula is C35H34Cl4N2O6. The van der Waals surface area contributed by atoms with Gasteiger partial charge >= 0.3 is 0 Å². The highest BCUT2D eigenvalue weighted by Gasteiger charge is 2.17. The summed E-state index contributed by atoms with van der Waals surface area (Å²) in [5.41, 5.74) is 1.75. The van der Waals surface area contributed by atoms with Crippen LogP contribution in [0.2, 0.25) is 20.1 Å². The van der Waals surface area contributed by atoms with Crippen LogP contribution in [-0.2, 0) is 22.7 Å². The van der Waals surface area contributed by atoms with Crippen LogP contribution in [0.5, 0.6) is 23.0 Å². The molecule has 0 saturated heterocycles. The lowest BCUT2D eigenvalue weighted by Gasteiger charge is -2.16. The summed E-state index contributed by atoms with van der Waals surface area (Å²) in [7, 11) is 0. The van der Waals surface area contributed by atoms with Crippen molar-refractivity contribution in [1.82, 2.24) is 10.6 Å². The third-order valence-electron chi connectivity index (χ3n) is 6.69. The topological polar surface area (TPSA) is 95.1 Å². The fourth-order valence-electron chi connectivity index (χ4n) is 4.22. The first-order valence-corrected chi connectivity index (χ1v) is 16.3. The first kappa shape index (κ1) is 36.0. The minimum Gasteiger partial charge on any atom is -0.493 e. The summed E-state index contributed by atoms with van der Waals surface area (Å²) >= 11 is 24.1. The van der Waals surface area contributed by atoms with E-state index in [2.05, 4.69) is 10.6 Å². The van der Waals surface area contributed by atoms with E-state index in [1.54, 1.807) is 50.2 Å². The Hall–Kier alpha value is -3.82. The number of hydrogen-bond acceptors (Lipinski definition) is 6. The molecule has 0 bridgehead atoms. The minimum atomic E-state index is -0.753. The summed E-state index contributed by atoms with van der Waals surface area (Å²) in [4.78, 5) is 25.1. The number of carbonyl (C=O) groups is 2. The lowest BCUT2D eigenvalue weighted by atomic mass is 10.2. The smallest absolute Gasteiger partial charge is 0.261 e. The van der Waals surface area contributed by atoms with Crippen LogP contribution in [0.15, 0.2) is 84.9 Å². The Morgan fingerprint density at radius 2 is 1.04 bits per heavy atom. The molecule has 47 heavy (non-hydrogen) atoms. The van der Waals surface area contributed by atoms with Gasteiger partial charge in [0.05, 0.1) is 23.3 Å². The lowest BCUT2D eigenvalue weighted by molar-refractivity contribution is -0.128. The van der Waals surface area contributed by atoms with Crippen LogP contribution >= 0.6 is 46.4 Å². The van der Waals surface area contributed by atoms with E-state index in [1.165, 1.54) is 0 Å². The van der Waals surface area contributed by atoms with Crippen LogP contribution < -0.4 is 29.6 Å². The monoisotopic (exact) mass is 718 g/mol. The molecular weight excluding hydrogens is 686 g/mol. The van der Waals surface area contributed by atoms with E-state index in [-0.39, 0.29) is 11.8 Å². The molecule has 0 radical (unpaired) electrons. The fraction of sp³-hybridized carbons (Fsp3) is 0.257. The van der Waals surface area contributed by atoms with Crippen molar-refractivity contribution in [1.29, 1.82) is 0 Å². The number of rotatable bonds is 16. The first-order valence-electron chi connectivity index (χ1n) is 14.8. The molecule has 0 aromatic heterocycles. The molecule has 0 aliphatic rings. The van der Waals surface area contributed by atoms with Crippen LogP contribution in [0.4, 0.5) is 0 Å². The van der Waals surface area contributed by atoms with E-state index in [1.807, 2.05) is 48.5 Å². The molecule has 248 valence electrons. The molecule has 12 heteroatoms. The Bertz CT molecular complexity index is 1550. The molecule has 0 fully saturated rings. The van der Waals surface area contributed by atoms with Gasteiger partial charge in [0, 0.05) is 29.6 Å². The predicted octanol–water partition coefficient (Wildman–Crippen LogP) is 8.32. The largest absolute Gasteiger partial charge is 0.493 e. The Morgan fingerprint density at radius 3 is 1.45 bits per heavy atom. The molecule has 2 N–H and O–H groups in total. The highest BCUT2D eigenvalue weighted by atomic mass is 35.5. The zero-order valence-corrected chi connectivity index (χ0v) is 28.8. The first-order chi connectivity index (χ1) is 22.6. The van der Waals surface area contributed by atoms with E-state index in [0.717, 1.165) is 11.1 Å². The second-order valence-corrected chi connectivity index (χ2v) is 12.1. The second-order valence-electron chi connectivity index (χ2n) is 10.5. The maximum Gasteiger partial charge on any atom is 0.261 e. The number of hydrogen-bond donors (Lipinski definition) is 2.